The number of rotatable bonds is 7. The Morgan fingerprint density at radius 3 is 2.41 bits per heavy atom. The van der Waals surface area contributed by atoms with Crippen LogP contribution in [0.2, 0.25) is 0 Å². The summed E-state index contributed by atoms with van der Waals surface area (Å²) in [4.78, 5) is 33.8. The van der Waals surface area contributed by atoms with Crippen molar-refractivity contribution >= 4 is 17.9 Å². The lowest BCUT2D eigenvalue weighted by Crippen LogP contribution is -2.14. The van der Waals surface area contributed by atoms with Crippen LogP contribution in [-0.4, -0.2) is 31.6 Å². The van der Waals surface area contributed by atoms with Gasteiger partial charge in [0.15, 0.2) is 11.5 Å². The van der Waals surface area contributed by atoms with Crippen LogP contribution in [0.1, 0.15) is 13.3 Å². The van der Waals surface area contributed by atoms with Gasteiger partial charge in [0.2, 0.25) is 0 Å². The van der Waals surface area contributed by atoms with Crippen LogP contribution < -0.4 is 9.47 Å². The predicted octanol–water partition coefficient (Wildman–Crippen LogP) is 1.87. The van der Waals surface area contributed by atoms with Gasteiger partial charge in [-0.3, -0.25) is 4.79 Å². The van der Waals surface area contributed by atoms with E-state index in [1.807, 2.05) is 0 Å². The summed E-state index contributed by atoms with van der Waals surface area (Å²) in [6.45, 7) is 4.54. The Morgan fingerprint density at radius 2 is 1.86 bits per heavy atom. The number of ether oxygens (including phenoxy) is 3. The van der Waals surface area contributed by atoms with Gasteiger partial charge in [0.25, 0.3) is 0 Å². The van der Waals surface area contributed by atoms with Crippen molar-refractivity contribution in [3.63, 3.8) is 0 Å². The summed E-state index contributed by atoms with van der Waals surface area (Å²) in [6.07, 6.45) is -0.342. The molecule has 0 fully saturated rings. The van der Waals surface area contributed by atoms with Gasteiger partial charge < -0.3 is 14.2 Å². The van der Waals surface area contributed by atoms with Crippen LogP contribution in [0.15, 0.2) is 42.0 Å². The first-order valence-electron chi connectivity index (χ1n) is 6.37. The SMILES string of the molecule is C=C(C)C(=O)OCC(=C=O)CC(=O)Oc1ccccc1OC. The van der Waals surface area contributed by atoms with E-state index in [4.69, 9.17) is 14.2 Å². The number of carbonyl (C=O) groups is 2. The molecule has 0 radical (unpaired) electrons. The van der Waals surface area contributed by atoms with Crippen molar-refractivity contribution in [2.75, 3.05) is 13.7 Å². The van der Waals surface area contributed by atoms with E-state index in [1.54, 1.807) is 30.2 Å². The first-order chi connectivity index (χ1) is 10.5. The molecule has 0 saturated heterocycles. The minimum Gasteiger partial charge on any atom is -0.493 e. The molecule has 1 rings (SSSR count). The van der Waals surface area contributed by atoms with Gasteiger partial charge in [-0.05, 0) is 19.1 Å². The topological polar surface area (TPSA) is 78.9 Å². The molecule has 1 aromatic rings. The van der Waals surface area contributed by atoms with Crippen molar-refractivity contribution in [3.8, 4) is 11.5 Å². The molecule has 0 aliphatic rings. The van der Waals surface area contributed by atoms with Gasteiger partial charge >= 0.3 is 11.9 Å². The minimum atomic E-state index is -0.686. The van der Waals surface area contributed by atoms with Gasteiger partial charge in [-0.1, -0.05) is 18.7 Å². The van der Waals surface area contributed by atoms with Crippen LogP contribution in [0.5, 0.6) is 11.5 Å². The molecule has 22 heavy (non-hydrogen) atoms. The van der Waals surface area contributed by atoms with E-state index in [0.29, 0.717) is 5.75 Å². The lowest BCUT2D eigenvalue weighted by Gasteiger charge is -2.09. The smallest absolute Gasteiger partial charge is 0.333 e. The van der Waals surface area contributed by atoms with Crippen molar-refractivity contribution < 1.29 is 28.6 Å². The molecule has 1 aromatic carbocycles. The molecule has 0 bridgehead atoms. The number of benzene rings is 1. The Bertz CT molecular complexity index is 625. The lowest BCUT2D eigenvalue weighted by atomic mass is 10.2. The molecule has 0 atom stereocenters. The third-order valence-corrected chi connectivity index (χ3v) is 2.52. The third-order valence-electron chi connectivity index (χ3n) is 2.52. The number of carbonyl (C=O) groups excluding carboxylic acids is 3. The lowest BCUT2D eigenvalue weighted by molar-refractivity contribution is -0.139. The van der Waals surface area contributed by atoms with E-state index in [-0.39, 0.29) is 29.9 Å². The van der Waals surface area contributed by atoms with Crippen LogP contribution in [0, 0.1) is 0 Å². The molecule has 6 nitrogen and oxygen atoms in total. The Labute approximate surface area is 128 Å². The summed E-state index contributed by atoms with van der Waals surface area (Å²) in [5, 5.41) is 0. The number of para-hydroxylation sites is 2. The molecule has 0 aliphatic carbocycles. The number of esters is 2. The van der Waals surface area contributed by atoms with Gasteiger partial charge in [-0.15, -0.1) is 0 Å². The fourth-order valence-corrected chi connectivity index (χ4v) is 1.43. The maximum Gasteiger partial charge on any atom is 0.333 e. The van der Waals surface area contributed by atoms with Gasteiger partial charge in [0.1, 0.15) is 12.5 Å². The van der Waals surface area contributed by atoms with Crippen LogP contribution in [-0.2, 0) is 19.1 Å². The third kappa shape index (κ3) is 5.26. The molecule has 0 unspecified atom stereocenters. The quantitative estimate of drug-likeness (QED) is 0.331. The summed E-state index contributed by atoms with van der Waals surface area (Å²) >= 11 is 0. The molecular weight excluding hydrogens is 288 g/mol. The molecule has 116 valence electrons. The molecular formula is C16H16O6. The van der Waals surface area contributed by atoms with Gasteiger partial charge in [0, 0.05) is 5.57 Å². The highest BCUT2D eigenvalue weighted by Crippen LogP contribution is 2.26. The highest BCUT2D eigenvalue weighted by molar-refractivity contribution is 5.87. The summed E-state index contributed by atoms with van der Waals surface area (Å²) in [6, 6.07) is 6.59. The molecule has 0 saturated carbocycles. The van der Waals surface area contributed by atoms with E-state index >= 15 is 0 Å². The molecule has 0 N–H and O–H groups in total. The highest BCUT2D eigenvalue weighted by atomic mass is 16.6. The summed E-state index contributed by atoms with van der Waals surface area (Å²) < 4.78 is 14.9. The molecule has 0 aromatic heterocycles. The highest BCUT2D eigenvalue weighted by Gasteiger charge is 2.14. The van der Waals surface area contributed by atoms with Crippen LogP contribution >= 0.6 is 0 Å². The zero-order valence-electron chi connectivity index (χ0n) is 12.4. The Balaban J connectivity index is 2.61. The normalized spacial score (nSPS) is 9.36. The molecule has 0 aliphatic heterocycles. The predicted molar refractivity (Wildman–Crippen MR) is 78.2 cm³/mol. The van der Waals surface area contributed by atoms with Crippen LogP contribution in [0.25, 0.3) is 0 Å². The summed E-state index contributed by atoms with van der Waals surface area (Å²) in [5.74, 6) is 0.861. The van der Waals surface area contributed by atoms with Crippen LogP contribution in [0.4, 0.5) is 0 Å². The second-order valence-corrected chi connectivity index (χ2v) is 4.36. The first-order valence-corrected chi connectivity index (χ1v) is 6.37. The summed E-state index contributed by atoms with van der Waals surface area (Å²) in [7, 11) is 1.44. The van der Waals surface area contributed by atoms with Crippen molar-refractivity contribution in [1.29, 1.82) is 0 Å². The zero-order valence-corrected chi connectivity index (χ0v) is 12.4. The first kappa shape index (κ1) is 17.2. The van der Waals surface area contributed by atoms with E-state index in [1.165, 1.54) is 14.0 Å². The zero-order chi connectivity index (χ0) is 16.5. The monoisotopic (exact) mass is 304 g/mol. The van der Waals surface area contributed by atoms with Crippen molar-refractivity contribution in [2.24, 2.45) is 0 Å². The largest absolute Gasteiger partial charge is 0.493 e. The van der Waals surface area contributed by atoms with Gasteiger partial charge in [-0.25, -0.2) is 9.59 Å². The van der Waals surface area contributed by atoms with E-state index in [2.05, 4.69) is 6.58 Å². The molecule has 0 amide bonds. The standard InChI is InChI=1S/C16H16O6/c1-11(2)16(19)21-10-12(9-17)8-15(18)22-14-7-5-4-6-13(14)20-3/h4-7H,1,8,10H2,2-3H3. The Hall–Kier alpha value is -2.85. The van der Waals surface area contributed by atoms with Crippen molar-refractivity contribution in [2.45, 2.75) is 13.3 Å². The second-order valence-electron chi connectivity index (χ2n) is 4.36. The maximum atomic E-state index is 11.8. The van der Waals surface area contributed by atoms with E-state index < -0.39 is 11.9 Å². The average Bonchev–Trinajstić information content (AvgIpc) is 2.51. The number of hydrogen-bond donors (Lipinski definition) is 0. The Morgan fingerprint density at radius 1 is 1.23 bits per heavy atom. The minimum absolute atomic E-state index is 0.0329. The fraction of sp³-hybridized carbons (Fsp3) is 0.250. The average molecular weight is 304 g/mol. The Kier molecular flexibility index (Phi) is 6.60. The number of methoxy groups -OCH3 is 1. The van der Waals surface area contributed by atoms with E-state index in [0.717, 1.165) is 0 Å². The van der Waals surface area contributed by atoms with Gasteiger partial charge in [0.05, 0.1) is 19.1 Å². The molecule has 6 heteroatoms. The molecule has 0 heterocycles. The summed E-state index contributed by atoms with van der Waals surface area (Å²) in [5.41, 5.74) is 0.163. The maximum absolute atomic E-state index is 11.8. The number of hydrogen-bond acceptors (Lipinski definition) is 6. The van der Waals surface area contributed by atoms with Crippen LogP contribution in [0.3, 0.4) is 0 Å². The second kappa shape index (κ2) is 8.44. The fourth-order valence-electron chi connectivity index (χ4n) is 1.43. The molecule has 0 spiro atoms. The van der Waals surface area contributed by atoms with E-state index in [9.17, 15) is 14.4 Å². The van der Waals surface area contributed by atoms with Gasteiger partial charge in [-0.2, -0.15) is 0 Å². The van der Waals surface area contributed by atoms with Crippen molar-refractivity contribution in [3.05, 3.63) is 42.0 Å². The van der Waals surface area contributed by atoms with Crippen molar-refractivity contribution in [1.82, 2.24) is 0 Å².